The molecule has 0 unspecified atom stereocenters. The number of aromatic nitrogens is 5. The summed E-state index contributed by atoms with van der Waals surface area (Å²) in [5.74, 6) is 0.931. The molecule has 2 aromatic heterocycles. The standard InChI is InChI=1S/C12H14N6/c1-18-8-9(16-17-18)6-13-7-12-14-10-4-2-3-5-11(10)15-12/h2-5,8,13H,6-7H2,1H3,(H,14,15). The summed E-state index contributed by atoms with van der Waals surface area (Å²) < 4.78 is 1.69. The summed E-state index contributed by atoms with van der Waals surface area (Å²) in [5, 5.41) is 11.2. The van der Waals surface area contributed by atoms with Gasteiger partial charge in [-0.2, -0.15) is 0 Å². The molecule has 0 aliphatic heterocycles. The third-order valence-corrected chi connectivity index (χ3v) is 2.69. The number of benzene rings is 1. The van der Waals surface area contributed by atoms with E-state index in [4.69, 9.17) is 0 Å². The molecule has 92 valence electrons. The number of nitrogens with one attached hydrogen (secondary N) is 2. The molecule has 0 radical (unpaired) electrons. The number of hydrogen-bond acceptors (Lipinski definition) is 4. The number of fused-ring (bicyclic) bond motifs is 1. The molecule has 0 bridgehead atoms. The Morgan fingerprint density at radius 3 is 2.94 bits per heavy atom. The van der Waals surface area contributed by atoms with Crippen molar-refractivity contribution in [1.82, 2.24) is 30.3 Å². The molecule has 1 aromatic carbocycles. The van der Waals surface area contributed by atoms with Crippen LogP contribution in [0.4, 0.5) is 0 Å². The molecule has 0 saturated carbocycles. The van der Waals surface area contributed by atoms with Crippen molar-refractivity contribution in [3.63, 3.8) is 0 Å². The lowest BCUT2D eigenvalue weighted by Gasteiger charge is -1.98. The van der Waals surface area contributed by atoms with Crippen LogP contribution in [-0.4, -0.2) is 25.0 Å². The van der Waals surface area contributed by atoms with Gasteiger partial charge in [0.05, 0.1) is 23.3 Å². The van der Waals surface area contributed by atoms with Crippen LogP contribution in [0.1, 0.15) is 11.5 Å². The average Bonchev–Trinajstić information content (AvgIpc) is 2.95. The van der Waals surface area contributed by atoms with Gasteiger partial charge in [-0.15, -0.1) is 5.10 Å². The number of H-pyrrole nitrogens is 1. The van der Waals surface area contributed by atoms with Gasteiger partial charge >= 0.3 is 0 Å². The first-order valence-electron chi connectivity index (χ1n) is 5.81. The minimum absolute atomic E-state index is 0.685. The van der Waals surface area contributed by atoms with E-state index in [1.54, 1.807) is 4.68 Å². The Labute approximate surface area is 104 Å². The molecule has 3 aromatic rings. The van der Waals surface area contributed by atoms with Crippen LogP contribution in [0.2, 0.25) is 0 Å². The molecule has 0 amide bonds. The predicted molar refractivity (Wildman–Crippen MR) is 67.6 cm³/mol. The molecule has 2 N–H and O–H groups in total. The topological polar surface area (TPSA) is 71.4 Å². The number of rotatable bonds is 4. The smallest absolute Gasteiger partial charge is 0.121 e. The van der Waals surface area contributed by atoms with E-state index >= 15 is 0 Å². The minimum atomic E-state index is 0.685. The molecule has 0 atom stereocenters. The van der Waals surface area contributed by atoms with Gasteiger partial charge < -0.3 is 10.3 Å². The van der Waals surface area contributed by atoms with Crippen molar-refractivity contribution >= 4 is 11.0 Å². The number of aromatic amines is 1. The van der Waals surface area contributed by atoms with Gasteiger partial charge in [0.2, 0.25) is 0 Å². The number of imidazole rings is 1. The quantitative estimate of drug-likeness (QED) is 0.715. The Hall–Kier alpha value is -2.21. The van der Waals surface area contributed by atoms with Gasteiger partial charge in [0.1, 0.15) is 5.82 Å². The first-order chi connectivity index (χ1) is 8.81. The van der Waals surface area contributed by atoms with Gasteiger partial charge in [0.15, 0.2) is 0 Å². The second kappa shape index (κ2) is 4.58. The fraction of sp³-hybridized carbons (Fsp3) is 0.250. The minimum Gasteiger partial charge on any atom is -0.341 e. The first kappa shape index (κ1) is 10.9. The van der Waals surface area contributed by atoms with Gasteiger partial charge in [-0.1, -0.05) is 17.3 Å². The van der Waals surface area contributed by atoms with Gasteiger partial charge in [-0.05, 0) is 12.1 Å². The zero-order chi connectivity index (χ0) is 12.4. The van der Waals surface area contributed by atoms with E-state index in [1.165, 1.54) is 0 Å². The maximum Gasteiger partial charge on any atom is 0.121 e. The van der Waals surface area contributed by atoms with Gasteiger partial charge in [-0.25, -0.2) is 4.98 Å². The van der Waals surface area contributed by atoms with E-state index in [1.807, 2.05) is 37.5 Å². The number of hydrogen-bond donors (Lipinski definition) is 2. The molecule has 6 heteroatoms. The second-order valence-electron chi connectivity index (χ2n) is 4.19. The van der Waals surface area contributed by atoms with Crippen molar-refractivity contribution in [1.29, 1.82) is 0 Å². The largest absolute Gasteiger partial charge is 0.341 e. The molecule has 0 fully saturated rings. The predicted octanol–water partition coefficient (Wildman–Crippen LogP) is 0.981. The normalized spacial score (nSPS) is 11.2. The molecule has 0 aliphatic carbocycles. The second-order valence-corrected chi connectivity index (χ2v) is 4.19. The van der Waals surface area contributed by atoms with Crippen LogP contribution in [0.25, 0.3) is 11.0 Å². The Kier molecular flexibility index (Phi) is 2.77. The lowest BCUT2D eigenvalue weighted by atomic mass is 10.3. The van der Waals surface area contributed by atoms with Crippen LogP contribution in [0.3, 0.4) is 0 Å². The van der Waals surface area contributed by atoms with Crippen LogP contribution in [0, 0.1) is 0 Å². The number of nitrogens with zero attached hydrogens (tertiary/aromatic N) is 4. The van der Waals surface area contributed by atoms with Crippen molar-refractivity contribution in [2.24, 2.45) is 7.05 Å². The van der Waals surface area contributed by atoms with Crippen molar-refractivity contribution in [2.45, 2.75) is 13.1 Å². The van der Waals surface area contributed by atoms with Crippen molar-refractivity contribution < 1.29 is 0 Å². The summed E-state index contributed by atoms with van der Waals surface area (Å²) in [6, 6.07) is 8.00. The molecule has 0 spiro atoms. The monoisotopic (exact) mass is 242 g/mol. The van der Waals surface area contributed by atoms with E-state index in [-0.39, 0.29) is 0 Å². The van der Waals surface area contributed by atoms with Crippen LogP contribution in [0.5, 0.6) is 0 Å². The van der Waals surface area contributed by atoms with Gasteiger partial charge in [0, 0.05) is 19.8 Å². The summed E-state index contributed by atoms with van der Waals surface area (Å²) in [7, 11) is 1.86. The molecule has 0 saturated heterocycles. The Morgan fingerprint density at radius 1 is 1.28 bits per heavy atom. The summed E-state index contributed by atoms with van der Waals surface area (Å²) >= 11 is 0. The highest BCUT2D eigenvalue weighted by Crippen LogP contribution is 2.09. The summed E-state index contributed by atoms with van der Waals surface area (Å²) in [6.45, 7) is 1.37. The maximum absolute atomic E-state index is 4.49. The van der Waals surface area contributed by atoms with Crippen LogP contribution in [-0.2, 0) is 20.1 Å². The van der Waals surface area contributed by atoms with E-state index in [9.17, 15) is 0 Å². The highest BCUT2D eigenvalue weighted by molar-refractivity contribution is 5.74. The van der Waals surface area contributed by atoms with E-state index in [2.05, 4.69) is 25.6 Å². The molecular weight excluding hydrogens is 228 g/mol. The Bertz CT molecular complexity index is 620. The van der Waals surface area contributed by atoms with Gasteiger partial charge in [-0.3, -0.25) is 4.68 Å². The molecule has 2 heterocycles. The zero-order valence-corrected chi connectivity index (χ0v) is 10.1. The van der Waals surface area contributed by atoms with E-state index in [0.29, 0.717) is 13.1 Å². The molecule has 6 nitrogen and oxygen atoms in total. The molecule has 0 aliphatic rings. The highest BCUT2D eigenvalue weighted by Gasteiger charge is 2.02. The highest BCUT2D eigenvalue weighted by atomic mass is 15.4. The lowest BCUT2D eigenvalue weighted by molar-refractivity contribution is 0.655. The molecule has 3 rings (SSSR count). The average molecular weight is 242 g/mol. The Morgan fingerprint density at radius 2 is 2.17 bits per heavy atom. The molecule has 18 heavy (non-hydrogen) atoms. The van der Waals surface area contributed by atoms with Crippen molar-refractivity contribution in [2.75, 3.05) is 0 Å². The fourth-order valence-corrected chi connectivity index (χ4v) is 1.87. The summed E-state index contributed by atoms with van der Waals surface area (Å²) in [5.41, 5.74) is 2.98. The Balaban J connectivity index is 1.62. The van der Waals surface area contributed by atoms with Crippen LogP contribution >= 0.6 is 0 Å². The third-order valence-electron chi connectivity index (χ3n) is 2.69. The van der Waals surface area contributed by atoms with Crippen LogP contribution in [0.15, 0.2) is 30.5 Å². The fourth-order valence-electron chi connectivity index (χ4n) is 1.87. The number of aryl methyl sites for hydroxylation is 1. The summed E-state index contributed by atoms with van der Waals surface area (Å²) in [6.07, 6.45) is 1.89. The zero-order valence-electron chi connectivity index (χ0n) is 10.1. The first-order valence-corrected chi connectivity index (χ1v) is 5.81. The van der Waals surface area contributed by atoms with Crippen LogP contribution < -0.4 is 5.32 Å². The number of para-hydroxylation sites is 2. The molecular formula is C12H14N6. The maximum atomic E-state index is 4.49. The lowest BCUT2D eigenvalue weighted by Crippen LogP contribution is -2.13. The van der Waals surface area contributed by atoms with Crippen molar-refractivity contribution in [3.8, 4) is 0 Å². The summed E-state index contributed by atoms with van der Waals surface area (Å²) in [4.78, 5) is 7.76. The van der Waals surface area contributed by atoms with E-state index < -0.39 is 0 Å². The third kappa shape index (κ3) is 2.23. The van der Waals surface area contributed by atoms with E-state index in [0.717, 1.165) is 22.6 Å². The SMILES string of the molecule is Cn1cc(CNCc2nc3ccccc3[nH]2)nn1. The van der Waals surface area contributed by atoms with Crippen molar-refractivity contribution in [3.05, 3.63) is 42.0 Å². The van der Waals surface area contributed by atoms with Gasteiger partial charge in [0.25, 0.3) is 0 Å².